The molecule has 2 aromatic carbocycles. The van der Waals surface area contributed by atoms with Crippen molar-refractivity contribution in [3.05, 3.63) is 102 Å². The number of H-pyrrole nitrogens is 1. The predicted molar refractivity (Wildman–Crippen MR) is 182 cm³/mol. The molecule has 0 radical (unpaired) electrons. The number of aromatic nitrogens is 2. The van der Waals surface area contributed by atoms with Gasteiger partial charge in [0.15, 0.2) is 5.58 Å². The lowest BCUT2D eigenvalue weighted by Crippen LogP contribution is -3.00. The summed E-state index contributed by atoms with van der Waals surface area (Å²) in [6.07, 6.45) is 0. The van der Waals surface area contributed by atoms with Crippen LogP contribution in [-0.4, -0.2) is 57.2 Å². The summed E-state index contributed by atoms with van der Waals surface area (Å²) in [5.41, 5.74) is 8.05. The number of carbonyl (C=O) groups excluding carboxylic acids is 1. The summed E-state index contributed by atoms with van der Waals surface area (Å²) in [6.45, 7) is 7.84. The highest BCUT2D eigenvalue weighted by Crippen LogP contribution is 2.33. The summed E-state index contributed by atoms with van der Waals surface area (Å²) in [4.78, 5) is 49.2. The highest BCUT2D eigenvalue weighted by Gasteiger charge is 2.18. The average molecular weight is 662 g/mol. The molecule has 0 unspecified atom stereocenters. The lowest BCUT2D eigenvalue weighted by Gasteiger charge is -2.27. The van der Waals surface area contributed by atoms with Crippen LogP contribution in [0, 0.1) is 17.7 Å². The van der Waals surface area contributed by atoms with Crippen molar-refractivity contribution in [2.45, 2.75) is 20.8 Å². The number of benzene rings is 3. The summed E-state index contributed by atoms with van der Waals surface area (Å²) >= 11 is 1.81. The average Bonchev–Trinajstić information content (AvgIpc) is 3.01. The minimum absolute atomic E-state index is 0. The Kier molecular flexibility index (Phi) is 10.3. The van der Waals surface area contributed by atoms with Crippen molar-refractivity contribution in [3.8, 4) is 10.6 Å². The van der Waals surface area contributed by atoms with Gasteiger partial charge in [-0.25, -0.2) is 14.4 Å². The number of nitrogens with one attached hydrogen (secondary N) is 1. The second-order valence-electron chi connectivity index (χ2n) is 11.2. The topological polar surface area (TPSA) is 130 Å². The van der Waals surface area contributed by atoms with Crippen LogP contribution in [0.15, 0.2) is 68.6 Å². The number of aryl methyl sites for hydroxylation is 1. The number of hydrogen-bond donors (Lipinski definition) is 2. The smallest absolute Gasteiger partial charge is 0.343 e. The van der Waals surface area contributed by atoms with Gasteiger partial charge in [-0.15, -0.1) is 11.3 Å². The van der Waals surface area contributed by atoms with Gasteiger partial charge < -0.3 is 31.6 Å². The van der Waals surface area contributed by atoms with E-state index in [0.29, 0.717) is 11.1 Å². The van der Waals surface area contributed by atoms with Crippen molar-refractivity contribution < 1.29 is 27.4 Å². The first-order chi connectivity index (χ1) is 21.4. The summed E-state index contributed by atoms with van der Waals surface area (Å²) in [6, 6.07) is 17.6. The number of nitrogens with zero attached hydrogens (tertiary/aromatic N) is 4. The van der Waals surface area contributed by atoms with Crippen molar-refractivity contribution in [2.75, 3.05) is 51.1 Å². The highest BCUT2D eigenvalue weighted by molar-refractivity contribution is 7.21. The van der Waals surface area contributed by atoms with E-state index in [1.54, 1.807) is 0 Å². The third-order valence-electron chi connectivity index (χ3n) is 7.67. The number of amides is 1. The molecule has 0 atom stereocenters. The predicted octanol–water partition coefficient (Wildman–Crippen LogP) is 0.246. The number of quaternary nitrogens is 1. The van der Waals surface area contributed by atoms with Gasteiger partial charge in [0.05, 0.1) is 37.7 Å². The van der Waals surface area contributed by atoms with Crippen molar-refractivity contribution >= 4 is 49.9 Å². The molecule has 10 nitrogen and oxygen atoms in total. The van der Waals surface area contributed by atoms with Crippen molar-refractivity contribution in [1.29, 1.82) is 0 Å². The highest BCUT2D eigenvalue weighted by atomic mass is 35.5. The van der Waals surface area contributed by atoms with Gasteiger partial charge in [-0.05, 0) is 50.6 Å². The fraction of sp³-hybridized carbons (Fsp3) is 0.265. The molecule has 2 aromatic rings. The third-order valence-corrected chi connectivity index (χ3v) is 8.77. The summed E-state index contributed by atoms with van der Waals surface area (Å²) in [7, 11) is 8.00. The summed E-state index contributed by atoms with van der Waals surface area (Å²) in [5, 5.41) is 1.40. The normalized spacial score (nSPS) is 10.9. The number of anilines is 2. The van der Waals surface area contributed by atoms with E-state index in [9.17, 15) is 14.4 Å². The monoisotopic (exact) mass is 661 g/mol. The zero-order valence-electron chi connectivity index (χ0n) is 27.0. The van der Waals surface area contributed by atoms with Gasteiger partial charge >= 0.3 is 5.91 Å². The Hall–Kier alpha value is -4.58. The molecule has 2 aliphatic heterocycles. The fourth-order valence-electron chi connectivity index (χ4n) is 5.22. The Morgan fingerprint density at radius 2 is 1.72 bits per heavy atom. The molecular weight excluding hydrogens is 624 g/mol. The zero-order chi connectivity index (χ0) is 32.6. The van der Waals surface area contributed by atoms with E-state index in [0.717, 1.165) is 41.7 Å². The number of hydrogen-bond acceptors (Lipinski definition) is 8. The number of fused-ring (bicyclic) bond motifs is 3. The molecule has 2 heterocycles. The van der Waals surface area contributed by atoms with Gasteiger partial charge in [-0.1, -0.05) is 6.07 Å². The van der Waals surface area contributed by atoms with E-state index in [-0.39, 0.29) is 28.7 Å². The van der Waals surface area contributed by atoms with Crippen LogP contribution in [0.25, 0.3) is 31.9 Å². The first-order valence-electron chi connectivity index (χ1n) is 14.7. The molecule has 1 amide bonds. The van der Waals surface area contributed by atoms with Crippen LogP contribution in [-0.2, 0) is 0 Å². The fourth-order valence-corrected chi connectivity index (χ4v) is 6.31. The molecule has 0 spiro atoms. The van der Waals surface area contributed by atoms with Gasteiger partial charge in [-0.3, -0.25) is 15.3 Å². The van der Waals surface area contributed by atoms with E-state index in [1.807, 2.05) is 42.5 Å². The van der Waals surface area contributed by atoms with Crippen LogP contribution in [0.4, 0.5) is 11.4 Å². The van der Waals surface area contributed by atoms with E-state index in [4.69, 9.17) is 9.40 Å². The van der Waals surface area contributed by atoms with Crippen molar-refractivity contribution in [2.24, 2.45) is 0 Å². The molecule has 46 heavy (non-hydrogen) atoms. The maximum atomic E-state index is 12.3. The van der Waals surface area contributed by atoms with Crippen LogP contribution in [0.5, 0.6) is 0 Å². The Morgan fingerprint density at radius 1 is 1.00 bits per heavy atom. The summed E-state index contributed by atoms with van der Waals surface area (Å²) in [5.74, 6) is -0.560. The van der Waals surface area contributed by atoms with Crippen LogP contribution in [0.1, 0.15) is 29.8 Å². The number of aromatic amines is 1. The minimum Gasteiger partial charge on any atom is -1.00 e. The largest absolute Gasteiger partial charge is 1.00 e. The molecule has 0 saturated carbocycles. The molecule has 0 fully saturated rings. The van der Waals surface area contributed by atoms with Gasteiger partial charge in [0.25, 0.3) is 5.43 Å². The Morgan fingerprint density at radius 3 is 2.35 bits per heavy atom. The molecule has 2 aliphatic carbocycles. The van der Waals surface area contributed by atoms with Gasteiger partial charge in [0.2, 0.25) is 16.2 Å². The molecule has 240 valence electrons. The molecule has 4 aliphatic rings. The molecular formula is C34H38ClN6O4S+. The molecule has 4 N–H and O–H groups in total. The number of carbonyl (C=O) groups is 1. The molecule has 12 heteroatoms. The maximum absolute atomic E-state index is 12.3. The van der Waals surface area contributed by atoms with Gasteiger partial charge in [-0.2, -0.15) is 0 Å². The molecule has 0 bridgehead atoms. The molecule has 0 aromatic heterocycles. The lowest BCUT2D eigenvalue weighted by molar-refractivity contribution is -0.255. The van der Waals surface area contributed by atoms with Gasteiger partial charge in [0, 0.05) is 51.5 Å². The van der Waals surface area contributed by atoms with E-state index < -0.39 is 16.8 Å². The second-order valence-corrected chi connectivity index (χ2v) is 12.3. The third kappa shape index (κ3) is 6.67. The van der Waals surface area contributed by atoms with Crippen LogP contribution in [0.3, 0.4) is 0 Å². The maximum Gasteiger partial charge on any atom is 0.343 e. The van der Waals surface area contributed by atoms with E-state index in [2.05, 4.69) is 91.5 Å². The van der Waals surface area contributed by atoms with Crippen molar-refractivity contribution in [1.82, 2.24) is 14.5 Å². The number of halogens is 1. The Bertz CT molecular complexity index is 2300. The minimum atomic E-state index is -0.792. The first-order valence-corrected chi connectivity index (χ1v) is 15.5. The van der Waals surface area contributed by atoms with E-state index >= 15 is 0 Å². The molecule has 0 saturated heterocycles. The zero-order valence-corrected chi connectivity index (χ0v) is 28.6. The number of rotatable bonds is 5. The van der Waals surface area contributed by atoms with Gasteiger partial charge in [0.1, 0.15) is 25.0 Å². The van der Waals surface area contributed by atoms with Crippen LogP contribution < -0.4 is 48.7 Å². The SMILES string of the molecule is CCN(CC)c1cc2oc3c(=O)c(=O)cc(C([NH3+])=O)c=3[nH]c2cc1N(C)C.Cc1ccc2nc3ccc(=[N+](C)C)cc-3sc2c1.[Cl-]. The Labute approximate surface area is 275 Å². The van der Waals surface area contributed by atoms with E-state index in [1.165, 1.54) is 20.5 Å². The Balaban J connectivity index is 0.000000220. The van der Waals surface area contributed by atoms with Crippen LogP contribution in [0.2, 0.25) is 0 Å². The first kappa shape index (κ1) is 34.3. The second kappa shape index (κ2) is 13.8. The quantitative estimate of drug-likeness (QED) is 0.154. The lowest BCUT2D eigenvalue weighted by atomic mass is 10.1. The summed E-state index contributed by atoms with van der Waals surface area (Å²) < 4.78 is 9.16. The van der Waals surface area contributed by atoms with Crippen LogP contribution >= 0.6 is 11.3 Å². The standard InChI is InChI=1S/C19H22N4O4.C15H15N2S.ClH/c1-5-23(6-2)13-9-15-11(8-12(13)22(3)4)21-16-10(19(20)26)7-14(24)17(25)18(16)27-15;1-10-4-6-12-14(8-10)18-15-9-11(17(2)3)5-7-13(15)16-12;/h7-9,21H,5-6H2,1-4H3,(H2,20,26);4-9H,1-3H3;1H/q;+1;. The van der Waals surface area contributed by atoms with Crippen molar-refractivity contribution in [3.63, 3.8) is 0 Å². The molecule has 6 rings (SSSR count).